The molecule has 0 radical (unpaired) electrons. The average Bonchev–Trinajstić information content (AvgIpc) is 2.57. The number of aryl methyl sites for hydroxylation is 3. The summed E-state index contributed by atoms with van der Waals surface area (Å²) in [5.74, 6) is 0.750. The van der Waals surface area contributed by atoms with E-state index in [0.717, 1.165) is 22.4 Å². The number of hydrogen-bond acceptors (Lipinski definition) is 4. The molecule has 26 heavy (non-hydrogen) atoms. The van der Waals surface area contributed by atoms with E-state index in [0.29, 0.717) is 24.3 Å². The van der Waals surface area contributed by atoms with Crippen molar-refractivity contribution < 1.29 is 17.9 Å². The Morgan fingerprint density at radius 3 is 2.35 bits per heavy atom. The highest BCUT2D eigenvalue weighted by atomic mass is 32.2. The fourth-order valence-electron chi connectivity index (χ4n) is 3.32. The molecule has 1 heterocycles. The molecule has 1 aliphatic heterocycles. The van der Waals surface area contributed by atoms with Crippen LogP contribution in [0.2, 0.25) is 0 Å². The predicted octanol–water partition coefficient (Wildman–Crippen LogP) is 3.02. The first-order valence-electron chi connectivity index (χ1n) is 8.30. The van der Waals surface area contributed by atoms with Crippen molar-refractivity contribution >= 4 is 27.3 Å². The highest BCUT2D eigenvalue weighted by Gasteiger charge is 2.22. The summed E-state index contributed by atoms with van der Waals surface area (Å²) in [4.78, 5) is 13.6. The second kappa shape index (κ2) is 6.64. The van der Waals surface area contributed by atoms with E-state index >= 15 is 0 Å². The largest absolute Gasteiger partial charge is 0.496 e. The molecule has 0 aliphatic carbocycles. The maximum Gasteiger partial charge on any atom is 0.261 e. The van der Waals surface area contributed by atoms with E-state index in [4.69, 9.17) is 4.74 Å². The molecule has 0 spiro atoms. The summed E-state index contributed by atoms with van der Waals surface area (Å²) in [7, 11) is -0.425. The molecular formula is C19H22N2O4S. The highest BCUT2D eigenvalue weighted by Crippen LogP contribution is 2.31. The first-order chi connectivity index (χ1) is 12.2. The molecule has 0 atom stereocenters. The quantitative estimate of drug-likeness (QED) is 0.893. The zero-order chi connectivity index (χ0) is 19.1. The summed E-state index contributed by atoms with van der Waals surface area (Å²) in [5, 5.41) is 0. The van der Waals surface area contributed by atoms with E-state index in [1.807, 2.05) is 13.8 Å². The van der Waals surface area contributed by atoms with Crippen LogP contribution in [-0.2, 0) is 21.2 Å². The minimum absolute atomic E-state index is 0.0648. The lowest BCUT2D eigenvalue weighted by atomic mass is 10.0. The molecular weight excluding hydrogens is 352 g/mol. The molecule has 2 aromatic rings. The Labute approximate surface area is 153 Å². The van der Waals surface area contributed by atoms with Crippen LogP contribution in [0.15, 0.2) is 35.2 Å². The molecule has 0 saturated carbocycles. The lowest BCUT2D eigenvalue weighted by Crippen LogP contribution is -2.31. The zero-order valence-electron chi connectivity index (χ0n) is 15.3. The third kappa shape index (κ3) is 3.26. The Bertz CT molecular complexity index is 960. The summed E-state index contributed by atoms with van der Waals surface area (Å²) in [6, 6.07) is 8.43. The van der Waals surface area contributed by atoms with Gasteiger partial charge in [0.05, 0.1) is 12.0 Å². The number of carbonyl (C=O) groups is 1. The standard InChI is InChI=1S/C19H22N2O4S/c1-12-9-16(10-13(2)19(12)25-4)26(23,24)20-15-6-7-17-14(11-15)5-8-18(22)21(17)3/h6-7,9-11,20H,5,8H2,1-4H3. The van der Waals surface area contributed by atoms with Gasteiger partial charge in [-0.25, -0.2) is 8.42 Å². The molecule has 0 bridgehead atoms. The van der Waals surface area contributed by atoms with E-state index in [9.17, 15) is 13.2 Å². The summed E-state index contributed by atoms with van der Waals surface area (Å²) in [6.07, 6.45) is 1.03. The van der Waals surface area contributed by atoms with Gasteiger partial charge in [0.25, 0.3) is 10.0 Å². The van der Waals surface area contributed by atoms with Crippen LogP contribution in [0.3, 0.4) is 0 Å². The maximum absolute atomic E-state index is 12.8. The number of ether oxygens (including phenoxy) is 1. The van der Waals surface area contributed by atoms with Crippen LogP contribution in [0.5, 0.6) is 5.75 Å². The van der Waals surface area contributed by atoms with Gasteiger partial charge < -0.3 is 9.64 Å². The van der Waals surface area contributed by atoms with Gasteiger partial charge in [0.1, 0.15) is 5.75 Å². The normalized spacial score (nSPS) is 14.2. The van der Waals surface area contributed by atoms with E-state index in [1.54, 1.807) is 49.4 Å². The molecule has 138 valence electrons. The van der Waals surface area contributed by atoms with E-state index in [-0.39, 0.29) is 10.8 Å². The first kappa shape index (κ1) is 18.3. The van der Waals surface area contributed by atoms with Gasteiger partial charge in [-0.2, -0.15) is 0 Å². The number of sulfonamides is 1. The van der Waals surface area contributed by atoms with Gasteiger partial charge >= 0.3 is 0 Å². The van der Waals surface area contributed by atoms with Crippen LogP contribution in [0, 0.1) is 13.8 Å². The van der Waals surface area contributed by atoms with Crippen LogP contribution in [0.4, 0.5) is 11.4 Å². The molecule has 0 aromatic heterocycles. The molecule has 1 aliphatic rings. The third-order valence-corrected chi connectivity index (χ3v) is 5.98. The molecule has 0 unspecified atom stereocenters. The number of benzene rings is 2. The second-order valence-corrected chi connectivity index (χ2v) is 8.17. The SMILES string of the molecule is COc1c(C)cc(S(=O)(=O)Nc2ccc3c(c2)CCC(=O)N3C)cc1C. The fraction of sp³-hybridized carbons (Fsp3) is 0.316. The van der Waals surface area contributed by atoms with Gasteiger partial charge in [0, 0.05) is 24.8 Å². The number of rotatable bonds is 4. The Balaban J connectivity index is 1.92. The fourth-order valence-corrected chi connectivity index (χ4v) is 4.54. The maximum atomic E-state index is 12.8. The minimum atomic E-state index is -3.72. The van der Waals surface area contributed by atoms with Crippen LogP contribution < -0.4 is 14.4 Å². The lowest BCUT2D eigenvalue weighted by molar-refractivity contribution is -0.118. The second-order valence-electron chi connectivity index (χ2n) is 6.49. The molecule has 7 heteroatoms. The number of carbonyl (C=O) groups excluding carboxylic acids is 1. The average molecular weight is 374 g/mol. The van der Waals surface area contributed by atoms with E-state index < -0.39 is 10.0 Å². The Morgan fingerprint density at radius 2 is 1.73 bits per heavy atom. The van der Waals surface area contributed by atoms with Crippen LogP contribution >= 0.6 is 0 Å². The zero-order valence-corrected chi connectivity index (χ0v) is 16.1. The molecule has 3 rings (SSSR count). The highest BCUT2D eigenvalue weighted by molar-refractivity contribution is 7.92. The van der Waals surface area contributed by atoms with Crippen molar-refractivity contribution in [1.82, 2.24) is 0 Å². The van der Waals surface area contributed by atoms with Crippen LogP contribution in [-0.4, -0.2) is 28.5 Å². The number of anilines is 2. The van der Waals surface area contributed by atoms with Crippen molar-refractivity contribution in [3.05, 3.63) is 47.0 Å². The van der Waals surface area contributed by atoms with Crippen molar-refractivity contribution in [2.45, 2.75) is 31.6 Å². The van der Waals surface area contributed by atoms with Crippen molar-refractivity contribution in [1.29, 1.82) is 0 Å². The summed E-state index contributed by atoms with van der Waals surface area (Å²) in [5.41, 5.74) is 3.78. The van der Waals surface area contributed by atoms with Gasteiger partial charge in [-0.05, 0) is 67.3 Å². The van der Waals surface area contributed by atoms with Gasteiger partial charge in [0.2, 0.25) is 5.91 Å². The van der Waals surface area contributed by atoms with Gasteiger partial charge in [0.15, 0.2) is 0 Å². The summed E-state index contributed by atoms with van der Waals surface area (Å²) < 4.78 is 33.5. The number of fused-ring (bicyclic) bond motifs is 1. The molecule has 1 N–H and O–H groups in total. The topological polar surface area (TPSA) is 75.7 Å². The minimum Gasteiger partial charge on any atom is -0.496 e. The Morgan fingerprint density at radius 1 is 1.08 bits per heavy atom. The summed E-state index contributed by atoms with van der Waals surface area (Å²) in [6.45, 7) is 3.63. The predicted molar refractivity (Wildman–Crippen MR) is 101 cm³/mol. The molecule has 0 saturated heterocycles. The molecule has 6 nitrogen and oxygen atoms in total. The number of nitrogens with one attached hydrogen (secondary N) is 1. The van der Waals surface area contributed by atoms with E-state index in [1.165, 1.54) is 0 Å². The van der Waals surface area contributed by atoms with Crippen molar-refractivity contribution in [2.24, 2.45) is 0 Å². The molecule has 2 aromatic carbocycles. The number of amides is 1. The van der Waals surface area contributed by atoms with Gasteiger partial charge in [-0.15, -0.1) is 0 Å². The molecule has 1 amide bonds. The lowest BCUT2D eigenvalue weighted by Gasteiger charge is -2.26. The van der Waals surface area contributed by atoms with Crippen molar-refractivity contribution in [2.75, 3.05) is 23.8 Å². The van der Waals surface area contributed by atoms with Crippen LogP contribution in [0.25, 0.3) is 0 Å². The van der Waals surface area contributed by atoms with Crippen LogP contribution in [0.1, 0.15) is 23.1 Å². The van der Waals surface area contributed by atoms with Gasteiger partial charge in [-0.1, -0.05) is 0 Å². The number of hydrogen-bond donors (Lipinski definition) is 1. The number of methoxy groups -OCH3 is 1. The Hall–Kier alpha value is -2.54. The third-order valence-electron chi connectivity index (χ3n) is 4.62. The smallest absolute Gasteiger partial charge is 0.261 e. The monoisotopic (exact) mass is 374 g/mol. The van der Waals surface area contributed by atoms with Crippen molar-refractivity contribution in [3.8, 4) is 5.75 Å². The Kier molecular flexibility index (Phi) is 4.66. The van der Waals surface area contributed by atoms with E-state index in [2.05, 4.69) is 4.72 Å². The number of nitrogens with zero attached hydrogens (tertiary/aromatic N) is 1. The summed E-state index contributed by atoms with van der Waals surface area (Å²) >= 11 is 0. The van der Waals surface area contributed by atoms with Crippen molar-refractivity contribution in [3.63, 3.8) is 0 Å². The van der Waals surface area contributed by atoms with Gasteiger partial charge in [-0.3, -0.25) is 9.52 Å². The first-order valence-corrected chi connectivity index (χ1v) is 9.79. The molecule has 0 fully saturated rings.